The van der Waals surface area contributed by atoms with Crippen molar-refractivity contribution in [2.45, 2.75) is 23.8 Å². The number of carboxylic acids is 1. The van der Waals surface area contributed by atoms with E-state index in [1.54, 1.807) is 13.8 Å². The Morgan fingerprint density at radius 1 is 1.40 bits per heavy atom. The average Bonchev–Trinajstić information content (AvgIpc) is 2.92. The summed E-state index contributed by atoms with van der Waals surface area (Å²) in [4.78, 5) is 15.7. The molecule has 0 fully saturated rings. The van der Waals surface area contributed by atoms with E-state index in [0.717, 1.165) is 11.0 Å². The molecule has 2 aromatic rings. The highest BCUT2D eigenvalue weighted by Gasteiger charge is 2.31. The van der Waals surface area contributed by atoms with Crippen molar-refractivity contribution in [3.63, 3.8) is 0 Å². The molecule has 1 aliphatic rings. The molecule has 1 N–H and O–H groups in total. The largest absolute Gasteiger partial charge is 0.480 e. The maximum absolute atomic E-state index is 11.2. The van der Waals surface area contributed by atoms with Crippen molar-refractivity contribution in [1.82, 2.24) is 9.55 Å². The minimum atomic E-state index is -0.940. The zero-order valence-corrected chi connectivity index (χ0v) is 12.2. The van der Waals surface area contributed by atoms with Crippen LogP contribution in [0.2, 0.25) is 0 Å². The molecule has 0 bridgehead atoms. The molecule has 0 aliphatic carbocycles. The number of nitrogens with zero attached hydrogens (tertiary/aromatic N) is 2. The van der Waals surface area contributed by atoms with E-state index in [-0.39, 0.29) is 6.79 Å². The van der Waals surface area contributed by atoms with E-state index >= 15 is 0 Å². The number of aromatic nitrogens is 2. The number of thioether (sulfide) groups is 1. The molecule has 20 heavy (non-hydrogen) atoms. The van der Waals surface area contributed by atoms with Crippen molar-refractivity contribution in [2.24, 2.45) is 7.05 Å². The summed E-state index contributed by atoms with van der Waals surface area (Å²) < 4.78 is 11.6. The third-order valence-electron chi connectivity index (χ3n) is 3.20. The molecule has 0 spiro atoms. The highest BCUT2D eigenvalue weighted by molar-refractivity contribution is 8.01. The molecule has 0 saturated carbocycles. The van der Waals surface area contributed by atoms with E-state index in [4.69, 9.17) is 9.47 Å². The maximum atomic E-state index is 11.2. The molecule has 1 aromatic heterocycles. The Morgan fingerprint density at radius 3 is 2.70 bits per heavy atom. The smallest absolute Gasteiger partial charge is 0.319 e. The van der Waals surface area contributed by atoms with Gasteiger partial charge in [0, 0.05) is 19.2 Å². The summed E-state index contributed by atoms with van der Waals surface area (Å²) >= 11 is 1.21. The summed E-state index contributed by atoms with van der Waals surface area (Å²) in [6.45, 7) is 3.54. The van der Waals surface area contributed by atoms with Crippen LogP contribution in [0.4, 0.5) is 0 Å². The first-order chi connectivity index (χ1) is 9.38. The minimum Gasteiger partial charge on any atom is -0.480 e. The topological polar surface area (TPSA) is 73.6 Å². The van der Waals surface area contributed by atoms with Gasteiger partial charge in [0.25, 0.3) is 0 Å². The van der Waals surface area contributed by atoms with E-state index in [2.05, 4.69) is 4.98 Å². The molecule has 3 rings (SSSR count). The maximum Gasteiger partial charge on any atom is 0.319 e. The second-order valence-electron chi connectivity index (χ2n) is 5.07. The van der Waals surface area contributed by atoms with Gasteiger partial charge < -0.3 is 19.1 Å². The van der Waals surface area contributed by atoms with Crippen LogP contribution in [0.5, 0.6) is 11.5 Å². The summed E-state index contributed by atoms with van der Waals surface area (Å²) in [5.41, 5.74) is 1.65. The van der Waals surface area contributed by atoms with Crippen LogP contribution in [0.25, 0.3) is 11.0 Å². The lowest BCUT2D eigenvalue weighted by Crippen LogP contribution is -2.27. The normalized spacial score (nSPS) is 13.9. The number of hydrogen-bond donors (Lipinski definition) is 1. The summed E-state index contributed by atoms with van der Waals surface area (Å²) in [5.74, 6) is 0.489. The van der Waals surface area contributed by atoms with Crippen LogP contribution in [0.3, 0.4) is 0 Å². The zero-order valence-electron chi connectivity index (χ0n) is 11.3. The first-order valence-electron chi connectivity index (χ1n) is 6.07. The fraction of sp³-hybridized carbons (Fsp3) is 0.385. The fourth-order valence-electron chi connectivity index (χ4n) is 1.92. The molecule has 0 unspecified atom stereocenters. The van der Waals surface area contributed by atoms with Gasteiger partial charge in [-0.25, -0.2) is 4.98 Å². The highest BCUT2D eigenvalue weighted by Crippen LogP contribution is 2.39. The van der Waals surface area contributed by atoms with Gasteiger partial charge in [-0.3, -0.25) is 4.79 Å². The number of hydrogen-bond acceptors (Lipinski definition) is 5. The number of carbonyl (C=O) groups is 1. The zero-order chi connectivity index (χ0) is 14.5. The van der Waals surface area contributed by atoms with Crippen LogP contribution in [0.1, 0.15) is 13.8 Å². The Labute approximate surface area is 119 Å². The van der Waals surface area contributed by atoms with E-state index in [1.165, 1.54) is 11.8 Å². The molecule has 1 aliphatic heterocycles. The van der Waals surface area contributed by atoms with E-state index < -0.39 is 10.7 Å². The van der Waals surface area contributed by atoms with Gasteiger partial charge in [0.1, 0.15) is 4.75 Å². The Kier molecular flexibility index (Phi) is 2.82. The van der Waals surface area contributed by atoms with Crippen LogP contribution in [-0.2, 0) is 11.8 Å². The van der Waals surface area contributed by atoms with Crippen LogP contribution in [0, 0.1) is 0 Å². The van der Waals surface area contributed by atoms with Crippen molar-refractivity contribution < 1.29 is 19.4 Å². The van der Waals surface area contributed by atoms with E-state index in [1.807, 2.05) is 23.7 Å². The van der Waals surface area contributed by atoms with Crippen LogP contribution >= 0.6 is 11.8 Å². The third-order valence-corrected chi connectivity index (χ3v) is 4.43. The van der Waals surface area contributed by atoms with Crippen molar-refractivity contribution >= 4 is 28.8 Å². The molecular formula is C13H14N2O4S. The first-order valence-corrected chi connectivity index (χ1v) is 6.88. The van der Waals surface area contributed by atoms with Crippen molar-refractivity contribution in [3.8, 4) is 11.5 Å². The number of aliphatic carboxylic acids is 1. The second kappa shape index (κ2) is 4.31. The van der Waals surface area contributed by atoms with E-state index in [9.17, 15) is 9.90 Å². The van der Waals surface area contributed by atoms with Gasteiger partial charge in [-0.05, 0) is 13.8 Å². The summed E-state index contributed by atoms with van der Waals surface area (Å²) in [7, 11) is 1.86. The average molecular weight is 294 g/mol. The number of ether oxygens (including phenoxy) is 2. The molecule has 0 saturated heterocycles. The van der Waals surface area contributed by atoms with Crippen LogP contribution in [-0.4, -0.2) is 32.2 Å². The molecule has 6 nitrogen and oxygen atoms in total. The Balaban J connectivity index is 2.06. The predicted octanol–water partition coefficient (Wildman–Crippen LogP) is 2.26. The third kappa shape index (κ3) is 1.98. The first kappa shape index (κ1) is 13.1. The number of fused-ring (bicyclic) bond motifs is 2. The molecule has 106 valence electrons. The van der Waals surface area contributed by atoms with Gasteiger partial charge in [-0.15, -0.1) is 0 Å². The Morgan fingerprint density at radius 2 is 2.05 bits per heavy atom. The lowest BCUT2D eigenvalue weighted by molar-refractivity contribution is -0.138. The lowest BCUT2D eigenvalue weighted by Gasteiger charge is -2.17. The molecule has 2 heterocycles. The number of imidazole rings is 1. The molecular weight excluding hydrogens is 280 g/mol. The number of benzene rings is 1. The monoisotopic (exact) mass is 294 g/mol. The summed E-state index contributed by atoms with van der Waals surface area (Å²) in [6.07, 6.45) is 0. The highest BCUT2D eigenvalue weighted by atomic mass is 32.2. The number of carboxylic acid groups (broad SMARTS) is 1. The molecule has 0 amide bonds. The van der Waals surface area contributed by atoms with Gasteiger partial charge in [0.15, 0.2) is 16.7 Å². The van der Waals surface area contributed by atoms with Crippen LogP contribution < -0.4 is 9.47 Å². The van der Waals surface area contributed by atoms with Crippen molar-refractivity contribution in [1.29, 1.82) is 0 Å². The predicted molar refractivity (Wildman–Crippen MR) is 74.4 cm³/mol. The minimum absolute atomic E-state index is 0.222. The molecule has 0 atom stereocenters. The Bertz CT molecular complexity index is 708. The molecule has 0 radical (unpaired) electrons. The Hall–Kier alpha value is -1.89. The molecule has 1 aromatic carbocycles. The lowest BCUT2D eigenvalue weighted by atomic mass is 10.2. The second-order valence-corrected chi connectivity index (χ2v) is 6.65. The van der Waals surface area contributed by atoms with E-state index in [0.29, 0.717) is 16.7 Å². The SMILES string of the molecule is Cn1c(SC(C)(C)C(=O)O)nc2cc3c(cc21)OCO3. The summed E-state index contributed by atoms with van der Waals surface area (Å²) in [5, 5.41) is 9.86. The van der Waals surface area contributed by atoms with Gasteiger partial charge in [0.2, 0.25) is 6.79 Å². The molecule has 7 heteroatoms. The van der Waals surface area contributed by atoms with Gasteiger partial charge in [0.05, 0.1) is 11.0 Å². The standard InChI is InChI=1S/C13H14N2O4S/c1-13(2,11(16)17)20-12-14-7-4-9-10(19-6-18-9)5-8(7)15(12)3/h4-5H,6H2,1-3H3,(H,16,17). The van der Waals surface area contributed by atoms with Crippen molar-refractivity contribution in [2.75, 3.05) is 6.79 Å². The van der Waals surface area contributed by atoms with Gasteiger partial charge >= 0.3 is 5.97 Å². The van der Waals surface area contributed by atoms with Gasteiger partial charge in [-0.1, -0.05) is 11.8 Å². The number of rotatable bonds is 3. The number of aryl methyl sites for hydroxylation is 1. The fourth-order valence-corrected chi connectivity index (χ4v) is 2.85. The van der Waals surface area contributed by atoms with Crippen molar-refractivity contribution in [3.05, 3.63) is 12.1 Å². The van der Waals surface area contributed by atoms with Crippen LogP contribution in [0.15, 0.2) is 17.3 Å². The summed E-state index contributed by atoms with van der Waals surface area (Å²) in [6, 6.07) is 3.68. The van der Waals surface area contributed by atoms with Gasteiger partial charge in [-0.2, -0.15) is 0 Å². The quantitative estimate of drug-likeness (QED) is 0.875.